The number of carbonyl (C=O) groups is 2. The van der Waals surface area contributed by atoms with E-state index in [0.29, 0.717) is 11.3 Å². The second-order valence-corrected chi connectivity index (χ2v) is 15.5. The molecule has 1 fully saturated rings. The largest absolute Gasteiger partial charge is 0.543 e. The normalized spacial score (nSPS) is 22.2. The molecule has 1 aliphatic carbocycles. The van der Waals surface area contributed by atoms with Crippen LogP contribution >= 0.6 is 0 Å². The van der Waals surface area contributed by atoms with Gasteiger partial charge < -0.3 is 14.3 Å². The van der Waals surface area contributed by atoms with Crippen molar-refractivity contribution >= 4 is 20.3 Å². The zero-order chi connectivity index (χ0) is 24.1. The average molecular weight is 459 g/mol. The summed E-state index contributed by atoms with van der Waals surface area (Å²) in [5.74, 6) is -0.586. The monoisotopic (exact) mass is 458 g/mol. The molecule has 0 radical (unpaired) electrons. The van der Waals surface area contributed by atoms with Crippen LogP contribution in [0.1, 0.15) is 92.9 Å². The van der Waals surface area contributed by atoms with E-state index in [0.717, 1.165) is 53.5 Å². The molecule has 1 N–H and O–H groups in total. The maximum Gasteiger partial charge on any atom is 0.342 e. The van der Waals surface area contributed by atoms with Crippen LogP contribution in [0.15, 0.2) is 11.6 Å². The summed E-state index contributed by atoms with van der Waals surface area (Å²) >= 11 is 0. The molecular weight excluding hydrogens is 420 g/mol. The summed E-state index contributed by atoms with van der Waals surface area (Å²) in [7, 11) is -2.33. The highest BCUT2D eigenvalue weighted by Gasteiger charge is 2.49. The SMILES string of the molecule is CC=C1CCCC1(CC(=O)O)c1c(CC)c(C)c2c(c1O[Si](C)(C)C(C)(C)C)C(=O)OC2. The molecule has 5 nitrogen and oxygen atoms in total. The van der Waals surface area contributed by atoms with Gasteiger partial charge >= 0.3 is 11.9 Å². The summed E-state index contributed by atoms with van der Waals surface area (Å²) in [6.45, 7) is 17.2. The highest BCUT2D eigenvalue weighted by molar-refractivity contribution is 6.74. The number of benzene rings is 1. The highest BCUT2D eigenvalue weighted by Crippen LogP contribution is 2.55. The van der Waals surface area contributed by atoms with E-state index in [1.165, 1.54) is 0 Å². The predicted molar refractivity (Wildman–Crippen MR) is 129 cm³/mol. The van der Waals surface area contributed by atoms with Gasteiger partial charge in [0.15, 0.2) is 0 Å². The molecule has 0 saturated heterocycles. The summed E-state index contributed by atoms with van der Waals surface area (Å²) in [6.07, 6.45) is 5.36. The van der Waals surface area contributed by atoms with E-state index in [4.69, 9.17) is 9.16 Å². The number of cyclic esters (lactones) is 1. The molecule has 0 spiro atoms. The minimum absolute atomic E-state index is 0.000803. The fraction of sp³-hybridized carbons (Fsp3) is 0.615. The number of esters is 1. The van der Waals surface area contributed by atoms with Crippen molar-refractivity contribution in [3.8, 4) is 5.75 Å². The number of hydrogen-bond donors (Lipinski definition) is 1. The summed E-state index contributed by atoms with van der Waals surface area (Å²) in [6, 6.07) is 0. The Morgan fingerprint density at radius 2 is 1.97 bits per heavy atom. The number of hydrogen-bond acceptors (Lipinski definition) is 4. The molecule has 1 unspecified atom stereocenters. The Labute approximate surface area is 193 Å². The van der Waals surface area contributed by atoms with Gasteiger partial charge in [-0.05, 0) is 68.8 Å². The van der Waals surface area contributed by atoms with Crippen molar-refractivity contribution < 1.29 is 23.9 Å². The average Bonchev–Trinajstić information content (AvgIpc) is 3.26. The van der Waals surface area contributed by atoms with E-state index < -0.39 is 19.7 Å². The summed E-state index contributed by atoms with van der Waals surface area (Å²) in [5.41, 5.74) is 4.97. The van der Waals surface area contributed by atoms with Crippen LogP contribution in [0.25, 0.3) is 0 Å². The minimum Gasteiger partial charge on any atom is -0.543 e. The van der Waals surface area contributed by atoms with Gasteiger partial charge in [0.05, 0.1) is 6.42 Å². The van der Waals surface area contributed by atoms with Crippen LogP contribution in [0.3, 0.4) is 0 Å². The molecule has 176 valence electrons. The van der Waals surface area contributed by atoms with Gasteiger partial charge in [0.25, 0.3) is 8.32 Å². The van der Waals surface area contributed by atoms with E-state index in [2.05, 4.69) is 46.9 Å². The van der Waals surface area contributed by atoms with Gasteiger partial charge in [0.2, 0.25) is 0 Å². The number of ether oxygens (including phenoxy) is 1. The third kappa shape index (κ3) is 3.80. The molecule has 1 heterocycles. The molecule has 3 rings (SSSR count). The fourth-order valence-electron chi connectivity index (χ4n) is 5.26. The van der Waals surface area contributed by atoms with Crippen LogP contribution < -0.4 is 4.43 Å². The maximum atomic E-state index is 13.0. The second-order valence-electron chi connectivity index (χ2n) is 10.8. The van der Waals surface area contributed by atoms with Crippen molar-refractivity contribution in [3.05, 3.63) is 39.5 Å². The molecule has 0 bridgehead atoms. The zero-order valence-corrected chi connectivity index (χ0v) is 21.9. The van der Waals surface area contributed by atoms with Gasteiger partial charge in [-0.2, -0.15) is 0 Å². The van der Waals surface area contributed by atoms with Gasteiger partial charge in [-0.3, -0.25) is 4.79 Å². The first-order chi connectivity index (χ1) is 14.8. The van der Waals surface area contributed by atoms with Crippen LogP contribution in [-0.4, -0.2) is 25.4 Å². The Balaban J connectivity index is 2.46. The van der Waals surface area contributed by atoms with Gasteiger partial charge in [-0.15, -0.1) is 0 Å². The summed E-state index contributed by atoms with van der Waals surface area (Å²) < 4.78 is 12.4. The number of carbonyl (C=O) groups excluding carboxylic acids is 1. The van der Waals surface area contributed by atoms with Crippen LogP contribution in [0.5, 0.6) is 5.75 Å². The van der Waals surface area contributed by atoms with Crippen LogP contribution in [0.4, 0.5) is 0 Å². The molecule has 1 aliphatic heterocycles. The molecule has 1 aromatic carbocycles. The first-order valence-corrected chi connectivity index (χ1v) is 14.6. The van der Waals surface area contributed by atoms with E-state index in [-0.39, 0.29) is 24.0 Å². The summed E-state index contributed by atoms with van der Waals surface area (Å²) in [5, 5.41) is 9.92. The molecule has 0 aromatic heterocycles. The number of carboxylic acids is 1. The standard InChI is InChI=1S/C26H38O5Si/c1-9-17-12-11-13-26(17,14-20(27)28)22-18(10-2)16(3)19-15-30-24(29)21(19)23(22)31-32(7,8)25(4,5)6/h9H,10-15H2,1-8H3,(H,27,28). The Kier molecular flexibility index (Phi) is 6.42. The minimum atomic E-state index is -2.33. The van der Waals surface area contributed by atoms with E-state index in [1.807, 2.05) is 13.8 Å². The second kappa shape index (κ2) is 8.36. The maximum absolute atomic E-state index is 13.0. The van der Waals surface area contributed by atoms with Gasteiger partial charge in [-0.1, -0.05) is 39.3 Å². The molecule has 32 heavy (non-hydrogen) atoms. The third-order valence-electron chi connectivity index (χ3n) is 7.98. The van der Waals surface area contributed by atoms with Crippen molar-refractivity contribution in [1.82, 2.24) is 0 Å². The van der Waals surface area contributed by atoms with Gasteiger partial charge in [0.1, 0.15) is 17.9 Å². The van der Waals surface area contributed by atoms with Crippen molar-refractivity contribution in [2.24, 2.45) is 0 Å². The lowest BCUT2D eigenvalue weighted by molar-refractivity contribution is -0.138. The Bertz CT molecular complexity index is 983. The molecule has 0 amide bonds. The van der Waals surface area contributed by atoms with Gasteiger partial charge in [-0.25, -0.2) is 4.79 Å². The number of aliphatic carboxylic acids is 1. The lowest BCUT2D eigenvalue weighted by atomic mass is 9.68. The Morgan fingerprint density at radius 3 is 2.50 bits per heavy atom. The van der Waals surface area contributed by atoms with E-state index >= 15 is 0 Å². The molecule has 6 heteroatoms. The van der Waals surface area contributed by atoms with Gasteiger partial charge in [0, 0.05) is 16.5 Å². The molecule has 1 saturated carbocycles. The number of rotatable bonds is 6. The first kappa shape index (κ1) is 24.6. The third-order valence-corrected chi connectivity index (χ3v) is 12.3. The van der Waals surface area contributed by atoms with E-state index in [9.17, 15) is 14.7 Å². The van der Waals surface area contributed by atoms with Crippen LogP contribution in [-0.2, 0) is 28.0 Å². The summed E-state index contributed by atoms with van der Waals surface area (Å²) in [4.78, 5) is 25.2. The molecule has 1 aromatic rings. The molecule has 2 aliphatic rings. The predicted octanol–water partition coefficient (Wildman–Crippen LogP) is 6.45. The Morgan fingerprint density at radius 1 is 1.31 bits per heavy atom. The highest BCUT2D eigenvalue weighted by atomic mass is 28.4. The van der Waals surface area contributed by atoms with Crippen LogP contribution in [0.2, 0.25) is 18.1 Å². The smallest absolute Gasteiger partial charge is 0.342 e. The van der Waals surface area contributed by atoms with Crippen molar-refractivity contribution in [2.45, 2.75) is 104 Å². The molecular formula is C26H38O5Si. The lowest BCUT2D eigenvalue weighted by Gasteiger charge is -2.41. The van der Waals surface area contributed by atoms with Crippen molar-refractivity contribution in [3.63, 3.8) is 0 Å². The Hall–Kier alpha value is -2.08. The van der Waals surface area contributed by atoms with Crippen molar-refractivity contribution in [1.29, 1.82) is 0 Å². The molecule has 1 atom stereocenters. The lowest BCUT2D eigenvalue weighted by Crippen LogP contribution is -2.45. The number of allylic oxidation sites excluding steroid dienone is 2. The first-order valence-electron chi connectivity index (χ1n) is 11.7. The number of carboxylic acid groups (broad SMARTS) is 1. The topological polar surface area (TPSA) is 72.8 Å². The zero-order valence-electron chi connectivity index (χ0n) is 20.9. The van der Waals surface area contributed by atoms with Crippen LogP contribution in [0, 0.1) is 6.92 Å². The fourth-order valence-corrected chi connectivity index (χ4v) is 6.28. The van der Waals surface area contributed by atoms with Crippen molar-refractivity contribution in [2.75, 3.05) is 0 Å². The quantitative estimate of drug-likeness (QED) is 0.301. The van der Waals surface area contributed by atoms with E-state index in [1.54, 1.807) is 0 Å². The number of fused-ring (bicyclic) bond motifs is 1.